The zero-order chi connectivity index (χ0) is 11.4. The van der Waals surface area contributed by atoms with Crippen molar-refractivity contribution in [3.63, 3.8) is 0 Å². The van der Waals surface area contributed by atoms with Crippen LogP contribution in [0.3, 0.4) is 0 Å². The van der Waals surface area contributed by atoms with Crippen LogP contribution in [0.25, 0.3) is 0 Å². The number of carbonyl (C=O) groups is 1. The summed E-state index contributed by atoms with van der Waals surface area (Å²) in [6, 6.07) is 1.78. The summed E-state index contributed by atoms with van der Waals surface area (Å²) in [5, 5.41) is 0. The Balaban J connectivity index is 2.78. The Kier molecular flexibility index (Phi) is 3.43. The molecule has 0 aromatic carbocycles. The van der Waals surface area contributed by atoms with Crippen molar-refractivity contribution < 1.29 is 9.53 Å². The van der Waals surface area contributed by atoms with Crippen molar-refractivity contribution in [2.24, 2.45) is 0 Å². The number of aromatic nitrogens is 2. The Morgan fingerprint density at radius 3 is 2.53 bits per heavy atom. The van der Waals surface area contributed by atoms with Crippen molar-refractivity contribution >= 4 is 11.9 Å². The predicted octanol–water partition coefficient (Wildman–Crippen LogP) is 0.603. The largest absolute Gasteiger partial charge is 0.417 e. The number of anilines is 1. The number of hydrogen-bond acceptors (Lipinski definition) is 5. The van der Waals surface area contributed by atoms with Gasteiger partial charge in [0.1, 0.15) is 5.82 Å². The highest BCUT2D eigenvalue weighted by Gasteiger charge is 2.09. The van der Waals surface area contributed by atoms with Crippen molar-refractivity contribution in [1.82, 2.24) is 14.9 Å². The molecule has 0 atom stereocenters. The molecule has 1 heterocycles. The summed E-state index contributed by atoms with van der Waals surface area (Å²) in [6.45, 7) is 0. The van der Waals surface area contributed by atoms with Gasteiger partial charge in [0, 0.05) is 34.4 Å². The molecule has 1 rings (SSSR count). The molecule has 0 unspecified atom stereocenters. The molecule has 6 heteroatoms. The van der Waals surface area contributed by atoms with Gasteiger partial charge in [0.05, 0.1) is 0 Å². The van der Waals surface area contributed by atoms with Gasteiger partial charge in [-0.2, -0.15) is 4.98 Å². The zero-order valence-corrected chi connectivity index (χ0v) is 9.26. The third-order valence-corrected chi connectivity index (χ3v) is 1.62. The van der Waals surface area contributed by atoms with Gasteiger partial charge in [0.15, 0.2) is 0 Å². The predicted molar refractivity (Wildman–Crippen MR) is 56.1 cm³/mol. The molecule has 0 saturated heterocycles. The van der Waals surface area contributed by atoms with Gasteiger partial charge < -0.3 is 14.5 Å². The Morgan fingerprint density at radius 1 is 1.33 bits per heavy atom. The third kappa shape index (κ3) is 3.08. The maximum Gasteiger partial charge on any atom is 0.417 e. The first kappa shape index (κ1) is 11.2. The van der Waals surface area contributed by atoms with Crippen molar-refractivity contribution in [2.45, 2.75) is 0 Å². The van der Waals surface area contributed by atoms with Crippen LogP contribution in [0, 0.1) is 0 Å². The maximum atomic E-state index is 11.2. The second-order valence-corrected chi connectivity index (χ2v) is 3.35. The van der Waals surface area contributed by atoms with Crippen molar-refractivity contribution in [2.75, 3.05) is 33.1 Å². The minimum atomic E-state index is -0.495. The quantitative estimate of drug-likeness (QED) is 0.715. The number of carbonyl (C=O) groups excluding carboxylic acids is 1. The number of hydrogen-bond donors (Lipinski definition) is 0. The molecule has 82 valence electrons. The number of rotatable bonds is 2. The number of amides is 1. The summed E-state index contributed by atoms with van der Waals surface area (Å²) in [7, 11) is 6.88. The molecule has 0 aliphatic rings. The van der Waals surface area contributed by atoms with Crippen LogP contribution in [0.1, 0.15) is 0 Å². The lowest BCUT2D eigenvalue weighted by Crippen LogP contribution is -2.26. The highest BCUT2D eigenvalue weighted by molar-refractivity contribution is 5.69. The fourth-order valence-electron chi connectivity index (χ4n) is 0.799. The van der Waals surface area contributed by atoms with Crippen LogP contribution in [-0.2, 0) is 0 Å². The molecule has 0 N–H and O–H groups in total. The molecule has 0 bridgehead atoms. The maximum absolute atomic E-state index is 11.2. The van der Waals surface area contributed by atoms with Gasteiger partial charge >= 0.3 is 12.1 Å². The van der Waals surface area contributed by atoms with E-state index in [2.05, 4.69) is 9.97 Å². The highest BCUT2D eigenvalue weighted by atomic mass is 16.6. The fourth-order valence-corrected chi connectivity index (χ4v) is 0.799. The lowest BCUT2D eigenvalue weighted by Gasteiger charge is -2.12. The Hall–Kier alpha value is -1.85. The number of ether oxygens (including phenoxy) is 1. The molecule has 0 fully saturated rings. The second-order valence-electron chi connectivity index (χ2n) is 3.35. The monoisotopic (exact) mass is 210 g/mol. The summed E-state index contributed by atoms with van der Waals surface area (Å²) in [4.78, 5) is 22.2. The van der Waals surface area contributed by atoms with E-state index in [0.717, 1.165) is 0 Å². The van der Waals surface area contributed by atoms with E-state index in [1.807, 2.05) is 14.1 Å². The van der Waals surface area contributed by atoms with Crippen molar-refractivity contribution in [3.05, 3.63) is 12.3 Å². The Morgan fingerprint density at radius 2 is 2.00 bits per heavy atom. The fraction of sp³-hybridized carbons (Fsp3) is 0.444. The highest BCUT2D eigenvalue weighted by Crippen LogP contribution is 2.10. The molecule has 15 heavy (non-hydrogen) atoms. The van der Waals surface area contributed by atoms with Gasteiger partial charge in [-0.25, -0.2) is 9.78 Å². The second kappa shape index (κ2) is 4.59. The molecule has 1 amide bonds. The lowest BCUT2D eigenvalue weighted by atomic mass is 10.5. The van der Waals surface area contributed by atoms with E-state index >= 15 is 0 Å². The first-order valence-corrected chi connectivity index (χ1v) is 4.40. The van der Waals surface area contributed by atoms with E-state index in [9.17, 15) is 4.79 Å². The smallest absolute Gasteiger partial charge is 0.374 e. The molecule has 0 aliphatic carbocycles. The van der Waals surface area contributed by atoms with Crippen molar-refractivity contribution in [1.29, 1.82) is 0 Å². The first-order chi connectivity index (χ1) is 7.00. The van der Waals surface area contributed by atoms with Crippen LogP contribution in [-0.4, -0.2) is 49.2 Å². The molecular weight excluding hydrogens is 196 g/mol. The normalized spacial score (nSPS) is 9.60. The third-order valence-electron chi connectivity index (χ3n) is 1.62. The summed E-state index contributed by atoms with van der Waals surface area (Å²) in [5.74, 6) is 0.687. The minimum absolute atomic E-state index is 0.0555. The van der Waals surface area contributed by atoms with E-state index in [1.165, 1.54) is 4.90 Å². The van der Waals surface area contributed by atoms with Crippen LogP contribution in [0.15, 0.2) is 12.3 Å². The summed E-state index contributed by atoms with van der Waals surface area (Å²) < 4.78 is 4.90. The molecular formula is C9H14N4O2. The minimum Gasteiger partial charge on any atom is -0.374 e. The van der Waals surface area contributed by atoms with Gasteiger partial charge in [0.25, 0.3) is 0 Å². The Bertz CT molecular complexity index is 352. The van der Waals surface area contributed by atoms with Crippen LogP contribution >= 0.6 is 0 Å². The molecule has 0 saturated carbocycles. The summed E-state index contributed by atoms with van der Waals surface area (Å²) in [6.07, 6.45) is 1.05. The van der Waals surface area contributed by atoms with Gasteiger partial charge in [-0.05, 0) is 6.07 Å². The van der Waals surface area contributed by atoms with Crippen molar-refractivity contribution in [3.8, 4) is 6.01 Å². The summed E-state index contributed by atoms with van der Waals surface area (Å²) in [5.41, 5.74) is 0. The van der Waals surface area contributed by atoms with Gasteiger partial charge in [-0.1, -0.05) is 0 Å². The van der Waals surface area contributed by atoms with Gasteiger partial charge in [-0.15, -0.1) is 0 Å². The van der Waals surface area contributed by atoms with Gasteiger partial charge in [0.2, 0.25) is 0 Å². The lowest BCUT2D eigenvalue weighted by molar-refractivity contribution is 0.168. The standard InChI is InChI=1S/C9H14N4O2/c1-12(2)7-5-6-10-8(11-7)15-9(14)13(3)4/h5-6H,1-4H3. The molecule has 1 aromatic heterocycles. The van der Waals surface area contributed by atoms with E-state index in [4.69, 9.17) is 4.74 Å². The first-order valence-electron chi connectivity index (χ1n) is 4.40. The molecule has 0 radical (unpaired) electrons. The van der Waals surface area contributed by atoms with Gasteiger partial charge in [-0.3, -0.25) is 0 Å². The van der Waals surface area contributed by atoms with E-state index < -0.39 is 6.09 Å². The van der Waals surface area contributed by atoms with E-state index in [0.29, 0.717) is 5.82 Å². The molecule has 6 nitrogen and oxygen atoms in total. The van der Waals surface area contributed by atoms with E-state index in [1.54, 1.807) is 31.3 Å². The van der Waals surface area contributed by atoms with Crippen LogP contribution in [0.4, 0.5) is 10.6 Å². The van der Waals surface area contributed by atoms with Crippen LogP contribution < -0.4 is 9.64 Å². The molecule has 1 aromatic rings. The van der Waals surface area contributed by atoms with Crippen LogP contribution in [0.2, 0.25) is 0 Å². The zero-order valence-electron chi connectivity index (χ0n) is 9.26. The Labute approximate surface area is 88.5 Å². The van der Waals surface area contributed by atoms with Crippen LogP contribution in [0.5, 0.6) is 6.01 Å². The average Bonchev–Trinajstić information content (AvgIpc) is 2.18. The summed E-state index contributed by atoms with van der Waals surface area (Å²) >= 11 is 0. The average molecular weight is 210 g/mol. The van der Waals surface area contributed by atoms with E-state index in [-0.39, 0.29) is 6.01 Å². The molecule has 0 aliphatic heterocycles. The number of nitrogens with zero attached hydrogens (tertiary/aromatic N) is 4. The topological polar surface area (TPSA) is 58.6 Å². The molecule has 0 spiro atoms. The SMILES string of the molecule is CN(C)C(=O)Oc1nccc(N(C)C)n1.